The first-order valence-electron chi connectivity index (χ1n) is 6.46. The van der Waals surface area contributed by atoms with Crippen LogP contribution in [0.3, 0.4) is 0 Å². The summed E-state index contributed by atoms with van der Waals surface area (Å²) < 4.78 is 0. The van der Waals surface area contributed by atoms with Crippen LogP contribution in [0.5, 0.6) is 0 Å². The van der Waals surface area contributed by atoms with Gasteiger partial charge in [-0.05, 0) is 18.6 Å². The highest BCUT2D eigenvalue weighted by atomic mass is 35.5. The number of carbonyl (C=O) groups is 2. The van der Waals surface area contributed by atoms with Crippen LogP contribution in [0.15, 0.2) is 30.5 Å². The quantitative estimate of drug-likeness (QED) is 0.789. The third-order valence-electron chi connectivity index (χ3n) is 2.89. The van der Waals surface area contributed by atoms with Crippen LogP contribution in [0.4, 0.5) is 5.82 Å². The number of nitrogens with one attached hydrogen (secondary N) is 3. The first kappa shape index (κ1) is 15.1. The molecule has 1 heterocycles. The molecule has 0 atom stereocenters. The van der Waals surface area contributed by atoms with Crippen molar-refractivity contribution in [3.63, 3.8) is 0 Å². The van der Waals surface area contributed by atoms with Gasteiger partial charge in [0, 0.05) is 5.56 Å². The summed E-state index contributed by atoms with van der Waals surface area (Å²) in [5, 5.41) is 12.1. The van der Waals surface area contributed by atoms with Crippen molar-refractivity contribution in [2.24, 2.45) is 0 Å². The molecule has 6 nitrogen and oxygen atoms in total. The van der Waals surface area contributed by atoms with E-state index >= 15 is 0 Å². The minimum absolute atomic E-state index is 0.147. The molecule has 110 valence electrons. The number of halogens is 1. The zero-order valence-electron chi connectivity index (χ0n) is 11.4. The largest absolute Gasteiger partial charge is 0.343 e. The Kier molecular flexibility index (Phi) is 4.94. The summed E-state index contributed by atoms with van der Waals surface area (Å²) in [6, 6.07) is 6.66. The summed E-state index contributed by atoms with van der Waals surface area (Å²) in [4.78, 5) is 23.7. The van der Waals surface area contributed by atoms with Gasteiger partial charge in [0.15, 0.2) is 0 Å². The van der Waals surface area contributed by atoms with Gasteiger partial charge in [-0.2, -0.15) is 5.10 Å². The number of hydrogen-bond donors (Lipinski definition) is 3. The van der Waals surface area contributed by atoms with E-state index in [1.54, 1.807) is 30.5 Å². The van der Waals surface area contributed by atoms with Gasteiger partial charge >= 0.3 is 0 Å². The average molecular weight is 307 g/mol. The Hall–Kier alpha value is -2.34. The van der Waals surface area contributed by atoms with Crippen molar-refractivity contribution in [2.75, 3.05) is 11.9 Å². The third kappa shape index (κ3) is 3.82. The van der Waals surface area contributed by atoms with Gasteiger partial charge in [-0.15, -0.1) is 0 Å². The van der Waals surface area contributed by atoms with E-state index in [-0.39, 0.29) is 12.5 Å². The van der Waals surface area contributed by atoms with E-state index in [1.807, 2.05) is 6.92 Å². The Balaban J connectivity index is 1.90. The van der Waals surface area contributed by atoms with E-state index in [1.165, 1.54) is 0 Å². The number of carbonyl (C=O) groups excluding carboxylic acids is 2. The van der Waals surface area contributed by atoms with Gasteiger partial charge in [0.05, 0.1) is 23.3 Å². The minimum Gasteiger partial charge on any atom is -0.343 e. The van der Waals surface area contributed by atoms with Crippen molar-refractivity contribution < 1.29 is 9.59 Å². The fraction of sp³-hybridized carbons (Fsp3) is 0.214. The van der Waals surface area contributed by atoms with Crippen LogP contribution >= 0.6 is 11.6 Å². The SMILES string of the molecule is CCc1cn[nH]c1NC(=O)CNC(=O)c1ccccc1Cl. The molecule has 2 aromatic rings. The third-order valence-corrected chi connectivity index (χ3v) is 3.22. The average Bonchev–Trinajstić information content (AvgIpc) is 2.92. The maximum absolute atomic E-state index is 11.9. The van der Waals surface area contributed by atoms with Crippen LogP contribution in [0.25, 0.3) is 0 Å². The van der Waals surface area contributed by atoms with Crippen LogP contribution in [-0.2, 0) is 11.2 Å². The van der Waals surface area contributed by atoms with Crippen molar-refractivity contribution in [3.05, 3.63) is 46.6 Å². The minimum atomic E-state index is -0.393. The lowest BCUT2D eigenvalue weighted by molar-refractivity contribution is -0.115. The Bertz CT molecular complexity index is 654. The number of rotatable bonds is 5. The van der Waals surface area contributed by atoms with Crippen molar-refractivity contribution in [3.8, 4) is 0 Å². The fourth-order valence-corrected chi connectivity index (χ4v) is 1.99. The number of anilines is 1. The Morgan fingerprint density at radius 1 is 1.33 bits per heavy atom. The lowest BCUT2D eigenvalue weighted by Crippen LogP contribution is -2.33. The van der Waals surface area contributed by atoms with Crippen LogP contribution in [0.1, 0.15) is 22.8 Å². The van der Waals surface area contributed by atoms with Gasteiger partial charge < -0.3 is 10.6 Å². The molecule has 1 aromatic carbocycles. The summed E-state index contributed by atoms with van der Waals surface area (Å²) in [5.41, 5.74) is 1.24. The van der Waals surface area contributed by atoms with Crippen molar-refractivity contribution in [1.82, 2.24) is 15.5 Å². The first-order valence-corrected chi connectivity index (χ1v) is 6.84. The van der Waals surface area contributed by atoms with Crippen molar-refractivity contribution in [2.45, 2.75) is 13.3 Å². The lowest BCUT2D eigenvalue weighted by Gasteiger charge is -2.07. The van der Waals surface area contributed by atoms with E-state index in [4.69, 9.17) is 11.6 Å². The highest BCUT2D eigenvalue weighted by Crippen LogP contribution is 2.14. The molecule has 0 aliphatic carbocycles. The molecule has 0 unspecified atom stereocenters. The molecule has 0 saturated heterocycles. The van der Waals surface area contributed by atoms with Crippen LogP contribution in [0, 0.1) is 0 Å². The molecular weight excluding hydrogens is 292 g/mol. The van der Waals surface area contributed by atoms with E-state index < -0.39 is 5.91 Å². The zero-order valence-corrected chi connectivity index (χ0v) is 12.2. The number of aromatic nitrogens is 2. The smallest absolute Gasteiger partial charge is 0.253 e. The molecule has 0 saturated carbocycles. The number of aryl methyl sites for hydroxylation is 1. The van der Waals surface area contributed by atoms with Gasteiger partial charge in [0.25, 0.3) is 5.91 Å². The van der Waals surface area contributed by atoms with Gasteiger partial charge in [-0.25, -0.2) is 0 Å². The number of benzene rings is 1. The second-order valence-electron chi connectivity index (χ2n) is 4.33. The number of hydrogen-bond acceptors (Lipinski definition) is 3. The van der Waals surface area contributed by atoms with Crippen LogP contribution < -0.4 is 10.6 Å². The topological polar surface area (TPSA) is 86.9 Å². The molecule has 0 radical (unpaired) electrons. The molecule has 3 N–H and O–H groups in total. The molecule has 0 bridgehead atoms. The molecule has 0 aliphatic heterocycles. The van der Waals surface area contributed by atoms with Gasteiger partial charge in [-0.3, -0.25) is 14.7 Å². The Morgan fingerprint density at radius 2 is 2.10 bits per heavy atom. The highest BCUT2D eigenvalue weighted by molar-refractivity contribution is 6.33. The molecule has 0 fully saturated rings. The molecule has 7 heteroatoms. The maximum Gasteiger partial charge on any atom is 0.253 e. The summed E-state index contributed by atoms with van der Waals surface area (Å²) >= 11 is 5.91. The lowest BCUT2D eigenvalue weighted by atomic mass is 10.2. The van der Waals surface area contributed by atoms with Crippen LogP contribution in [-0.4, -0.2) is 28.6 Å². The predicted molar refractivity (Wildman–Crippen MR) is 80.4 cm³/mol. The Morgan fingerprint density at radius 3 is 2.81 bits per heavy atom. The van der Waals surface area contributed by atoms with E-state index in [0.29, 0.717) is 16.4 Å². The second-order valence-corrected chi connectivity index (χ2v) is 4.74. The summed E-state index contributed by atoms with van der Waals surface area (Å²) in [6.45, 7) is 1.81. The predicted octanol–water partition coefficient (Wildman–Crippen LogP) is 1.99. The van der Waals surface area contributed by atoms with Gasteiger partial charge in [0.2, 0.25) is 5.91 Å². The number of aromatic amines is 1. The normalized spacial score (nSPS) is 10.2. The number of H-pyrrole nitrogens is 1. The van der Waals surface area contributed by atoms with Crippen LogP contribution in [0.2, 0.25) is 5.02 Å². The standard InChI is InChI=1S/C14H15ClN4O2/c1-2-9-7-17-19-13(9)18-12(20)8-16-14(21)10-5-3-4-6-11(10)15/h3-7H,2,8H2,1H3,(H,16,21)(H2,17,18,19,20). The fourth-order valence-electron chi connectivity index (χ4n) is 1.77. The molecular formula is C14H15ClN4O2. The monoisotopic (exact) mass is 306 g/mol. The Labute approximate surface area is 126 Å². The van der Waals surface area contributed by atoms with Gasteiger partial charge in [-0.1, -0.05) is 30.7 Å². The van der Waals surface area contributed by atoms with E-state index in [2.05, 4.69) is 20.8 Å². The van der Waals surface area contributed by atoms with E-state index in [9.17, 15) is 9.59 Å². The zero-order chi connectivity index (χ0) is 15.2. The molecule has 2 amide bonds. The molecule has 1 aromatic heterocycles. The number of nitrogens with zero attached hydrogens (tertiary/aromatic N) is 1. The van der Waals surface area contributed by atoms with E-state index in [0.717, 1.165) is 12.0 Å². The molecule has 21 heavy (non-hydrogen) atoms. The highest BCUT2D eigenvalue weighted by Gasteiger charge is 2.12. The molecule has 0 aliphatic rings. The molecule has 2 rings (SSSR count). The summed E-state index contributed by atoms with van der Waals surface area (Å²) in [6.07, 6.45) is 2.40. The summed E-state index contributed by atoms with van der Waals surface area (Å²) in [5.74, 6) is -0.181. The maximum atomic E-state index is 11.9. The second kappa shape index (κ2) is 6.90. The van der Waals surface area contributed by atoms with Crippen molar-refractivity contribution in [1.29, 1.82) is 0 Å². The van der Waals surface area contributed by atoms with Crippen molar-refractivity contribution >= 4 is 29.2 Å². The van der Waals surface area contributed by atoms with Gasteiger partial charge in [0.1, 0.15) is 5.82 Å². The summed E-state index contributed by atoms with van der Waals surface area (Å²) in [7, 11) is 0. The number of amides is 2. The first-order chi connectivity index (χ1) is 10.1. The molecule has 0 spiro atoms.